The van der Waals surface area contributed by atoms with Crippen molar-refractivity contribution in [2.24, 2.45) is 5.73 Å². The second kappa shape index (κ2) is 5.02. The number of phenolic OH excluding ortho intramolecular Hbond substituents is 2. The van der Waals surface area contributed by atoms with E-state index in [9.17, 15) is 10.2 Å². The van der Waals surface area contributed by atoms with Gasteiger partial charge in [0.1, 0.15) is 0 Å². The molecule has 2 aromatic heterocycles. The number of fused-ring (bicyclic) bond motifs is 1. The average molecular weight is 285 g/mol. The topological polar surface area (TPSA) is 110 Å². The molecule has 7 heteroatoms. The first kappa shape index (κ1) is 13.3. The van der Waals surface area contributed by atoms with Crippen molar-refractivity contribution in [3.63, 3.8) is 0 Å². The molecule has 0 saturated heterocycles. The van der Waals surface area contributed by atoms with Gasteiger partial charge in [0.05, 0.1) is 11.7 Å². The Labute approximate surface area is 120 Å². The highest BCUT2D eigenvalue weighted by molar-refractivity contribution is 5.41. The first-order valence-electron chi connectivity index (χ1n) is 6.50. The van der Waals surface area contributed by atoms with Crippen molar-refractivity contribution in [3.8, 4) is 11.5 Å². The Balaban J connectivity index is 1.91. The molecule has 3 aromatic rings. The number of aromatic hydroxyl groups is 2. The third-order valence-corrected chi connectivity index (χ3v) is 3.25. The van der Waals surface area contributed by atoms with Crippen LogP contribution in [-0.4, -0.2) is 30.0 Å². The van der Waals surface area contributed by atoms with Crippen LogP contribution in [0.3, 0.4) is 0 Å². The number of aryl methyl sites for hydroxylation is 1. The van der Waals surface area contributed by atoms with Gasteiger partial charge in [-0.15, -0.1) is 10.2 Å². The summed E-state index contributed by atoms with van der Waals surface area (Å²) in [6.07, 6.45) is 0.449. The van der Waals surface area contributed by atoms with Crippen molar-refractivity contribution in [2.75, 3.05) is 0 Å². The Bertz CT molecular complexity index is 799. The van der Waals surface area contributed by atoms with Crippen molar-refractivity contribution in [2.45, 2.75) is 19.4 Å². The maximum atomic E-state index is 9.52. The highest BCUT2D eigenvalue weighted by Crippen LogP contribution is 2.26. The summed E-state index contributed by atoms with van der Waals surface area (Å²) >= 11 is 0. The standard InChI is InChI=1S/C14H15N5O2/c1-8-2-5-13-16-17-14(19(13)18-8)10(15)6-9-3-4-11(20)12(21)7-9/h2-5,7,10,20-21H,6,15H2,1H3. The van der Waals surface area contributed by atoms with Crippen LogP contribution in [0.15, 0.2) is 30.3 Å². The van der Waals surface area contributed by atoms with E-state index in [1.807, 2.05) is 19.1 Å². The molecular formula is C14H15N5O2. The molecule has 0 radical (unpaired) electrons. The van der Waals surface area contributed by atoms with E-state index in [-0.39, 0.29) is 11.5 Å². The molecule has 3 rings (SSSR count). The van der Waals surface area contributed by atoms with Crippen LogP contribution in [0.2, 0.25) is 0 Å². The molecule has 7 nitrogen and oxygen atoms in total. The normalized spacial score (nSPS) is 12.7. The van der Waals surface area contributed by atoms with E-state index in [1.54, 1.807) is 10.6 Å². The molecule has 0 fully saturated rings. The van der Waals surface area contributed by atoms with Gasteiger partial charge in [0.15, 0.2) is 23.0 Å². The van der Waals surface area contributed by atoms with Crippen LogP contribution in [0, 0.1) is 6.92 Å². The minimum atomic E-state index is -0.418. The summed E-state index contributed by atoms with van der Waals surface area (Å²) in [6.45, 7) is 1.88. The lowest BCUT2D eigenvalue weighted by Gasteiger charge is -2.10. The van der Waals surface area contributed by atoms with Gasteiger partial charge in [-0.3, -0.25) is 0 Å². The fraction of sp³-hybridized carbons (Fsp3) is 0.214. The van der Waals surface area contributed by atoms with E-state index >= 15 is 0 Å². The van der Waals surface area contributed by atoms with E-state index in [2.05, 4.69) is 15.3 Å². The lowest BCUT2D eigenvalue weighted by Crippen LogP contribution is -2.17. The molecule has 0 aliphatic carbocycles. The number of rotatable bonds is 3. The molecule has 0 bridgehead atoms. The molecule has 0 spiro atoms. The van der Waals surface area contributed by atoms with Gasteiger partial charge in [0.2, 0.25) is 0 Å². The molecule has 2 heterocycles. The van der Waals surface area contributed by atoms with E-state index in [0.29, 0.717) is 17.9 Å². The van der Waals surface area contributed by atoms with Gasteiger partial charge in [-0.25, -0.2) is 0 Å². The quantitative estimate of drug-likeness (QED) is 0.621. The summed E-state index contributed by atoms with van der Waals surface area (Å²) in [5.74, 6) is 0.235. The van der Waals surface area contributed by atoms with Crippen molar-refractivity contribution < 1.29 is 10.2 Å². The summed E-state index contributed by atoms with van der Waals surface area (Å²) in [5, 5.41) is 31.3. The maximum absolute atomic E-state index is 9.52. The first-order valence-corrected chi connectivity index (χ1v) is 6.50. The fourth-order valence-corrected chi connectivity index (χ4v) is 2.17. The Morgan fingerprint density at radius 2 is 1.95 bits per heavy atom. The number of benzene rings is 1. The summed E-state index contributed by atoms with van der Waals surface area (Å²) in [5.41, 5.74) is 8.45. The van der Waals surface area contributed by atoms with Gasteiger partial charge < -0.3 is 15.9 Å². The number of phenols is 2. The van der Waals surface area contributed by atoms with Crippen LogP contribution in [0.4, 0.5) is 0 Å². The maximum Gasteiger partial charge on any atom is 0.177 e. The first-order chi connectivity index (χ1) is 10.0. The predicted octanol–water partition coefficient (Wildman–Crippen LogP) is 1.09. The van der Waals surface area contributed by atoms with Crippen LogP contribution >= 0.6 is 0 Å². The SMILES string of the molecule is Cc1ccc2nnc(C(N)Cc3ccc(O)c(O)c3)n2n1. The highest BCUT2D eigenvalue weighted by atomic mass is 16.3. The summed E-state index contributed by atoms with van der Waals surface area (Å²) in [6, 6.07) is 7.89. The van der Waals surface area contributed by atoms with Crippen molar-refractivity contribution >= 4 is 5.65 Å². The molecule has 0 saturated carbocycles. The van der Waals surface area contributed by atoms with Crippen molar-refractivity contribution in [1.29, 1.82) is 0 Å². The number of hydrogen-bond acceptors (Lipinski definition) is 6. The highest BCUT2D eigenvalue weighted by Gasteiger charge is 2.16. The van der Waals surface area contributed by atoms with Gasteiger partial charge in [0.25, 0.3) is 0 Å². The van der Waals surface area contributed by atoms with Gasteiger partial charge in [0, 0.05) is 0 Å². The fourth-order valence-electron chi connectivity index (χ4n) is 2.17. The Morgan fingerprint density at radius 3 is 2.71 bits per heavy atom. The molecule has 1 aromatic carbocycles. The summed E-state index contributed by atoms with van der Waals surface area (Å²) < 4.78 is 1.63. The zero-order chi connectivity index (χ0) is 15.0. The van der Waals surface area contributed by atoms with Crippen molar-refractivity contribution in [1.82, 2.24) is 19.8 Å². The molecule has 0 amide bonds. The summed E-state index contributed by atoms with van der Waals surface area (Å²) in [7, 11) is 0. The van der Waals surface area contributed by atoms with E-state index < -0.39 is 6.04 Å². The van der Waals surface area contributed by atoms with Gasteiger partial charge in [-0.2, -0.15) is 9.61 Å². The lowest BCUT2D eigenvalue weighted by atomic mass is 10.1. The van der Waals surface area contributed by atoms with Crippen LogP contribution in [0.1, 0.15) is 23.1 Å². The molecule has 108 valence electrons. The van der Waals surface area contributed by atoms with Gasteiger partial charge in [-0.1, -0.05) is 6.07 Å². The minimum absolute atomic E-state index is 0.155. The third kappa shape index (κ3) is 2.50. The lowest BCUT2D eigenvalue weighted by molar-refractivity contribution is 0.403. The smallest absolute Gasteiger partial charge is 0.177 e. The Hall–Kier alpha value is -2.67. The van der Waals surface area contributed by atoms with Gasteiger partial charge >= 0.3 is 0 Å². The molecule has 1 atom stereocenters. The molecule has 4 N–H and O–H groups in total. The van der Waals surface area contributed by atoms with E-state index in [0.717, 1.165) is 11.3 Å². The van der Waals surface area contributed by atoms with Crippen LogP contribution in [0.5, 0.6) is 11.5 Å². The largest absolute Gasteiger partial charge is 0.504 e. The Morgan fingerprint density at radius 1 is 1.14 bits per heavy atom. The second-order valence-electron chi connectivity index (χ2n) is 4.94. The van der Waals surface area contributed by atoms with Crippen LogP contribution in [0.25, 0.3) is 5.65 Å². The zero-order valence-electron chi connectivity index (χ0n) is 11.4. The van der Waals surface area contributed by atoms with Crippen molar-refractivity contribution in [3.05, 3.63) is 47.4 Å². The van der Waals surface area contributed by atoms with Crippen LogP contribution in [-0.2, 0) is 6.42 Å². The predicted molar refractivity (Wildman–Crippen MR) is 75.9 cm³/mol. The second-order valence-corrected chi connectivity index (χ2v) is 4.94. The monoisotopic (exact) mass is 285 g/mol. The summed E-state index contributed by atoms with van der Waals surface area (Å²) in [4.78, 5) is 0. The number of nitrogens with two attached hydrogens (primary N) is 1. The molecule has 1 unspecified atom stereocenters. The number of nitrogens with zero attached hydrogens (tertiary/aromatic N) is 4. The zero-order valence-corrected chi connectivity index (χ0v) is 11.4. The average Bonchev–Trinajstić information content (AvgIpc) is 2.86. The molecule has 0 aliphatic heterocycles. The molecule has 0 aliphatic rings. The van der Waals surface area contributed by atoms with Crippen LogP contribution < -0.4 is 5.73 Å². The number of aromatic nitrogens is 4. The van der Waals surface area contributed by atoms with E-state index in [1.165, 1.54) is 12.1 Å². The minimum Gasteiger partial charge on any atom is -0.504 e. The Kier molecular flexibility index (Phi) is 3.19. The third-order valence-electron chi connectivity index (χ3n) is 3.25. The van der Waals surface area contributed by atoms with Gasteiger partial charge in [-0.05, 0) is 43.2 Å². The van der Waals surface area contributed by atoms with E-state index in [4.69, 9.17) is 5.73 Å². The molecular weight excluding hydrogens is 270 g/mol. The number of hydrogen-bond donors (Lipinski definition) is 3. The molecule has 21 heavy (non-hydrogen) atoms.